The Balaban J connectivity index is 1.74. The molecule has 1 aliphatic carbocycles. The van der Waals surface area contributed by atoms with Gasteiger partial charge in [0.25, 0.3) is 0 Å². The molecule has 0 aromatic heterocycles. The van der Waals surface area contributed by atoms with Crippen LogP contribution in [0.4, 0.5) is 0 Å². The fourth-order valence-corrected chi connectivity index (χ4v) is 2.09. The van der Waals surface area contributed by atoms with Crippen LogP contribution in [-0.4, -0.2) is 43.9 Å². The van der Waals surface area contributed by atoms with Gasteiger partial charge in [0.1, 0.15) is 6.10 Å². The van der Waals surface area contributed by atoms with Crippen LogP contribution < -0.4 is 0 Å². The van der Waals surface area contributed by atoms with Gasteiger partial charge in [0.15, 0.2) is 5.78 Å². The first-order chi connectivity index (χ1) is 7.81. The zero-order chi connectivity index (χ0) is 11.4. The summed E-state index contributed by atoms with van der Waals surface area (Å²) in [5.41, 5.74) is 0. The van der Waals surface area contributed by atoms with Crippen molar-refractivity contribution in [3.63, 3.8) is 0 Å². The highest BCUT2D eigenvalue weighted by atomic mass is 16.6. The monoisotopic (exact) mass is 228 g/mol. The lowest BCUT2D eigenvalue weighted by molar-refractivity contribution is -0.179. The molecule has 4 nitrogen and oxygen atoms in total. The Bertz CT molecular complexity index is 235. The molecular formula is C12H20O4. The topological polar surface area (TPSA) is 44.8 Å². The Kier molecular flexibility index (Phi) is 4.32. The largest absolute Gasteiger partial charge is 0.381 e. The van der Waals surface area contributed by atoms with E-state index in [9.17, 15) is 4.79 Å². The van der Waals surface area contributed by atoms with E-state index in [0.717, 1.165) is 32.5 Å². The number of hydrogen-bond acceptors (Lipinski definition) is 4. The summed E-state index contributed by atoms with van der Waals surface area (Å²) in [4.78, 5) is 11.4. The van der Waals surface area contributed by atoms with Gasteiger partial charge in [-0.15, -0.1) is 0 Å². The first-order valence-corrected chi connectivity index (χ1v) is 6.18. The lowest BCUT2D eigenvalue weighted by atomic mass is 9.89. The molecule has 0 N–H and O–H groups in total. The maximum Gasteiger partial charge on any atom is 0.166 e. The number of ether oxygens (including phenoxy) is 3. The molecule has 2 atom stereocenters. The van der Waals surface area contributed by atoms with Gasteiger partial charge in [-0.2, -0.15) is 0 Å². The third-order valence-corrected chi connectivity index (χ3v) is 3.09. The molecule has 2 fully saturated rings. The minimum atomic E-state index is -0.303. The first-order valence-electron chi connectivity index (χ1n) is 6.18. The van der Waals surface area contributed by atoms with Crippen molar-refractivity contribution in [2.75, 3.05) is 19.8 Å². The van der Waals surface area contributed by atoms with Gasteiger partial charge in [0.05, 0.1) is 12.2 Å². The number of ketones is 1. The van der Waals surface area contributed by atoms with Crippen molar-refractivity contribution in [3.05, 3.63) is 0 Å². The standard InChI is InChI=1S/C12H20O4/c1-2-5-15-12-10(13)8-11(12)16-9-3-6-14-7-4-9/h9,11-12H,2-8H2,1H3. The predicted octanol–water partition coefficient (Wildman–Crippen LogP) is 1.32. The van der Waals surface area contributed by atoms with Crippen LogP contribution in [0.1, 0.15) is 32.6 Å². The molecule has 16 heavy (non-hydrogen) atoms. The van der Waals surface area contributed by atoms with Crippen molar-refractivity contribution in [2.45, 2.75) is 50.9 Å². The molecule has 0 aromatic carbocycles. The molecule has 0 spiro atoms. The number of carbonyl (C=O) groups excluding carboxylic acids is 1. The van der Waals surface area contributed by atoms with E-state index in [2.05, 4.69) is 0 Å². The van der Waals surface area contributed by atoms with Gasteiger partial charge in [-0.25, -0.2) is 0 Å². The van der Waals surface area contributed by atoms with Crippen molar-refractivity contribution >= 4 is 5.78 Å². The second-order valence-corrected chi connectivity index (χ2v) is 4.45. The van der Waals surface area contributed by atoms with E-state index in [1.807, 2.05) is 6.92 Å². The molecular weight excluding hydrogens is 208 g/mol. The molecule has 0 amide bonds. The molecule has 0 aromatic rings. The zero-order valence-corrected chi connectivity index (χ0v) is 9.81. The highest BCUT2D eigenvalue weighted by molar-refractivity contribution is 5.90. The Morgan fingerprint density at radius 1 is 1.38 bits per heavy atom. The number of carbonyl (C=O) groups is 1. The van der Waals surface area contributed by atoms with Gasteiger partial charge < -0.3 is 14.2 Å². The average Bonchev–Trinajstić information content (AvgIpc) is 2.30. The van der Waals surface area contributed by atoms with Crippen molar-refractivity contribution in [3.8, 4) is 0 Å². The molecule has 2 unspecified atom stereocenters. The normalized spacial score (nSPS) is 31.4. The maximum atomic E-state index is 11.4. The Hall–Kier alpha value is -0.450. The van der Waals surface area contributed by atoms with E-state index in [0.29, 0.717) is 13.0 Å². The molecule has 0 radical (unpaired) electrons. The zero-order valence-electron chi connectivity index (χ0n) is 9.81. The summed E-state index contributed by atoms with van der Waals surface area (Å²) in [5, 5.41) is 0. The molecule has 1 saturated carbocycles. The van der Waals surface area contributed by atoms with Crippen LogP contribution in [0.5, 0.6) is 0 Å². The summed E-state index contributed by atoms with van der Waals surface area (Å²) >= 11 is 0. The minimum Gasteiger partial charge on any atom is -0.381 e. The van der Waals surface area contributed by atoms with E-state index in [-0.39, 0.29) is 24.1 Å². The van der Waals surface area contributed by atoms with Crippen LogP contribution in [-0.2, 0) is 19.0 Å². The van der Waals surface area contributed by atoms with Crippen LogP contribution in [0, 0.1) is 0 Å². The second kappa shape index (κ2) is 5.75. The van der Waals surface area contributed by atoms with E-state index in [1.165, 1.54) is 0 Å². The van der Waals surface area contributed by atoms with Gasteiger partial charge >= 0.3 is 0 Å². The summed E-state index contributed by atoms with van der Waals surface area (Å²) in [6, 6.07) is 0. The summed E-state index contributed by atoms with van der Waals surface area (Å²) in [6.45, 7) is 4.22. The van der Waals surface area contributed by atoms with Crippen LogP contribution in [0.2, 0.25) is 0 Å². The van der Waals surface area contributed by atoms with Crippen LogP contribution in [0.25, 0.3) is 0 Å². The predicted molar refractivity (Wildman–Crippen MR) is 58.4 cm³/mol. The highest BCUT2D eigenvalue weighted by Gasteiger charge is 2.42. The third-order valence-electron chi connectivity index (χ3n) is 3.09. The quantitative estimate of drug-likeness (QED) is 0.712. The smallest absolute Gasteiger partial charge is 0.166 e. The summed E-state index contributed by atoms with van der Waals surface area (Å²) in [5.74, 6) is 0.186. The van der Waals surface area contributed by atoms with Crippen LogP contribution in [0.15, 0.2) is 0 Å². The van der Waals surface area contributed by atoms with E-state index < -0.39 is 0 Å². The number of hydrogen-bond donors (Lipinski definition) is 0. The lowest BCUT2D eigenvalue weighted by Gasteiger charge is -2.37. The highest BCUT2D eigenvalue weighted by Crippen LogP contribution is 2.26. The van der Waals surface area contributed by atoms with Crippen molar-refractivity contribution in [1.82, 2.24) is 0 Å². The fourth-order valence-electron chi connectivity index (χ4n) is 2.09. The number of rotatable bonds is 5. The fraction of sp³-hybridized carbons (Fsp3) is 0.917. The Labute approximate surface area is 96.2 Å². The van der Waals surface area contributed by atoms with E-state index >= 15 is 0 Å². The van der Waals surface area contributed by atoms with Crippen molar-refractivity contribution in [1.29, 1.82) is 0 Å². The SMILES string of the molecule is CCCOC1C(=O)CC1OC1CCOCC1. The third kappa shape index (κ3) is 2.81. The van der Waals surface area contributed by atoms with E-state index in [1.54, 1.807) is 0 Å². The molecule has 4 heteroatoms. The Morgan fingerprint density at radius 3 is 2.75 bits per heavy atom. The maximum absolute atomic E-state index is 11.4. The molecule has 2 aliphatic rings. The molecule has 0 bridgehead atoms. The molecule has 1 saturated heterocycles. The summed E-state index contributed by atoms with van der Waals surface area (Å²) in [6.07, 6.45) is 3.26. The van der Waals surface area contributed by atoms with Crippen LogP contribution in [0.3, 0.4) is 0 Å². The summed E-state index contributed by atoms with van der Waals surface area (Å²) in [7, 11) is 0. The van der Waals surface area contributed by atoms with Crippen LogP contribution >= 0.6 is 0 Å². The second-order valence-electron chi connectivity index (χ2n) is 4.45. The molecule has 2 rings (SSSR count). The number of Topliss-reactive ketones (excluding diaryl/α,β-unsaturated/α-hetero) is 1. The average molecular weight is 228 g/mol. The molecule has 1 aliphatic heterocycles. The molecule has 1 heterocycles. The van der Waals surface area contributed by atoms with Gasteiger partial charge in [0.2, 0.25) is 0 Å². The first kappa shape index (κ1) is 12.0. The van der Waals surface area contributed by atoms with Gasteiger partial charge in [0, 0.05) is 26.2 Å². The lowest BCUT2D eigenvalue weighted by Crippen LogP contribution is -2.52. The summed E-state index contributed by atoms with van der Waals surface area (Å²) < 4.78 is 16.6. The molecule has 92 valence electrons. The van der Waals surface area contributed by atoms with Gasteiger partial charge in [-0.1, -0.05) is 6.92 Å². The Morgan fingerprint density at radius 2 is 2.12 bits per heavy atom. The van der Waals surface area contributed by atoms with Gasteiger partial charge in [-0.05, 0) is 19.3 Å². The van der Waals surface area contributed by atoms with Crippen molar-refractivity contribution < 1.29 is 19.0 Å². The minimum absolute atomic E-state index is 0.0119. The van der Waals surface area contributed by atoms with E-state index in [4.69, 9.17) is 14.2 Å². The van der Waals surface area contributed by atoms with Crippen molar-refractivity contribution in [2.24, 2.45) is 0 Å². The van der Waals surface area contributed by atoms with Gasteiger partial charge in [-0.3, -0.25) is 4.79 Å².